The summed E-state index contributed by atoms with van der Waals surface area (Å²) in [5.41, 5.74) is 2.19. The normalized spacial score (nSPS) is 18.1. The SMILES string of the molecule is O=C(/C=C/c1ccc2c(c1)OCO2)N1CCc2sccc2[C@@H]1c1cccs1. The Morgan fingerprint density at radius 1 is 1.11 bits per heavy atom. The van der Waals surface area contributed by atoms with Crippen molar-refractivity contribution in [3.63, 3.8) is 0 Å². The number of fused-ring (bicyclic) bond motifs is 2. The first-order valence-corrected chi connectivity index (χ1v) is 10.5. The Bertz CT molecular complexity index is 1010. The second kappa shape index (κ2) is 6.87. The molecule has 1 aromatic carbocycles. The number of nitrogens with zero attached hydrogens (tertiary/aromatic N) is 1. The highest BCUT2D eigenvalue weighted by atomic mass is 32.1. The quantitative estimate of drug-likeness (QED) is 0.602. The highest BCUT2D eigenvalue weighted by Crippen LogP contribution is 2.39. The highest BCUT2D eigenvalue weighted by Gasteiger charge is 2.32. The lowest BCUT2D eigenvalue weighted by Gasteiger charge is -2.34. The highest BCUT2D eigenvalue weighted by molar-refractivity contribution is 7.10. The molecular weight excluding hydrogens is 378 g/mol. The zero-order valence-corrected chi connectivity index (χ0v) is 16.1. The minimum atomic E-state index is 0.00824. The minimum Gasteiger partial charge on any atom is -0.454 e. The monoisotopic (exact) mass is 395 g/mol. The lowest BCUT2D eigenvalue weighted by atomic mass is 9.98. The lowest BCUT2D eigenvalue weighted by molar-refractivity contribution is -0.127. The summed E-state index contributed by atoms with van der Waals surface area (Å²) in [5, 5.41) is 4.20. The van der Waals surface area contributed by atoms with E-state index in [9.17, 15) is 4.79 Å². The summed E-state index contributed by atoms with van der Waals surface area (Å²) in [7, 11) is 0. The number of carbonyl (C=O) groups excluding carboxylic acids is 1. The van der Waals surface area contributed by atoms with Gasteiger partial charge in [0, 0.05) is 22.4 Å². The molecule has 3 aromatic rings. The Kier molecular flexibility index (Phi) is 4.22. The van der Waals surface area contributed by atoms with E-state index in [2.05, 4.69) is 22.9 Å². The maximum Gasteiger partial charge on any atom is 0.247 e. The Morgan fingerprint density at radius 2 is 2.04 bits per heavy atom. The van der Waals surface area contributed by atoms with E-state index < -0.39 is 0 Å². The summed E-state index contributed by atoms with van der Waals surface area (Å²) in [5.74, 6) is 1.50. The molecule has 6 heteroatoms. The van der Waals surface area contributed by atoms with Crippen LogP contribution >= 0.6 is 22.7 Å². The average molecular weight is 396 g/mol. The van der Waals surface area contributed by atoms with Crippen molar-refractivity contribution >= 4 is 34.7 Å². The molecule has 0 aliphatic carbocycles. The molecule has 2 aliphatic heterocycles. The van der Waals surface area contributed by atoms with Crippen molar-refractivity contribution in [3.8, 4) is 11.5 Å². The Morgan fingerprint density at radius 3 is 2.93 bits per heavy atom. The maximum atomic E-state index is 13.0. The predicted octanol–water partition coefficient (Wildman–Crippen LogP) is 4.73. The van der Waals surface area contributed by atoms with E-state index in [1.54, 1.807) is 28.7 Å². The zero-order chi connectivity index (χ0) is 18.2. The molecule has 0 N–H and O–H groups in total. The minimum absolute atomic E-state index is 0.00824. The average Bonchev–Trinajstić information content (AvgIpc) is 3.45. The molecule has 136 valence electrons. The van der Waals surface area contributed by atoms with Crippen LogP contribution in [0.1, 0.15) is 26.9 Å². The smallest absolute Gasteiger partial charge is 0.247 e. The van der Waals surface area contributed by atoms with Gasteiger partial charge in [-0.2, -0.15) is 0 Å². The molecule has 2 aliphatic rings. The molecule has 0 fully saturated rings. The van der Waals surface area contributed by atoms with E-state index >= 15 is 0 Å². The second-order valence-corrected chi connectivity index (χ2v) is 8.42. The van der Waals surface area contributed by atoms with Gasteiger partial charge < -0.3 is 14.4 Å². The van der Waals surface area contributed by atoms with Crippen molar-refractivity contribution in [1.82, 2.24) is 4.90 Å². The summed E-state index contributed by atoms with van der Waals surface area (Å²) in [6, 6.07) is 12.0. The number of benzene rings is 1. The number of carbonyl (C=O) groups is 1. The fourth-order valence-corrected chi connectivity index (χ4v) is 5.35. The first-order valence-electron chi connectivity index (χ1n) is 8.77. The molecule has 0 saturated heterocycles. The van der Waals surface area contributed by atoms with Gasteiger partial charge in [0.1, 0.15) is 0 Å². The lowest BCUT2D eigenvalue weighted by Crippen LogP contribution is -2.38. The molecule has 0 radical (unpaired) electrons. The summed E-state index contributed by atoms with van der Waals surface area (Å²) < 4.78 is 10.7. The number of thiophene rings is 2. The van der Waals surface area contributed by atoms with Crippen molar-refractivity contribution in [1.29, 1.82) is 0 Å². The van der Waals surface area contributed by atoms with Gasteiger partial charge in [-0.15, -0.1) is 22.7 Å². The Labute approximate surface area is 165 Å². The first kappa shape index (κ1) is 16.6. The zero-order valence-electron chi connectivity index (χ0n) is 14.5. The summed E-state index contributed by atoms with van der Waals surface area (Å²) in [6.45, 7) is 0.987. The number of rotatable bonds is 3. The molecule has 4 heterocycles. The molecule has 2 aromatic heterocycles. The van der Waals surface area contributed by atoms with Crippen LogP contribution in [0.3, 0.4) is 0 Å². The van der Waals surface area contributed by atoms with E-state index in [1.165, 1.54) is 15.3 Å². The number of hydrogen-bond acceptors (Lipinski definition) is 5. The predicted molar refractivity (Wildman–Crippen MR) is 107 cm³/mol. The van der Waals surface area contributed by atoms with Crippen molar-refractivity contribution < 1.29 is 14.3 Å². The Hall–Kier alpha value is -2.57. The van der Waals surface area contributed by atoms with Gasteiger partial charge in [-0.3, -0.25) is 4.79 Å². The summed E-state index contributed by atoms with van der Waals surface area (Å²) >= 11 is 3.49. The van der Waals surface area contributed by atoms with E-state index in [-0.39, 0.29) is 18.7 Å². The van der Waals surface area contributed by atoms with Gasteiger partial charge in [0.2, 0.25) is 12.7 Å². The van der Waals surface area contributed by atoms with Gasteiger partial charge in [-0.05, 0) is 58.6 Å². The van der Waals surface area contributed by atoms with Crippen molar-refractivity contribution in [2.24, 2.45) is 0 Å². The van der Waals surface area contributed by atoms with E-state index in [4.69, 9.17) is 9.47 Å². The van der Waals surface area contributed by atoms with Gasteiger partial charge in [0.05, 0.1) is 6.04 Å². The van der Waals surface area contributed by atoms with E-state index in [0.717, 1.165) is 30.0 Å². The summed E-state index contributed by atoms with van der Waals surface area (Å²) in [4.78, 5) is 17.6. The van der Waals surface area contributed by atoms with Crippen LogP contribution in [0.2, 0.25) is 0 Å². The second-order valence-electron chi connectivity index (χ2n) is 6.44. The fourth-order valence-electron chi connectivity index (χ4n) is 3.59. The third-order valence-corrected chi connectivity index (χ3v) is 6.80. The molecule has 1 amide bonds. The third-order valence-electron chi connectivity index (χ3n) is 4.88. The van der Waals surface area contributed by atoms with Gasteiger partial charge in [-0.1, -0.05) is 12.1 Å². The molecule has 5 rings (SSSR count). The number of hydrogen-bond donors (Lipinski definition) is 0. The molecule has 4 nitrogen and oxygen atoms in total. The van der Waals surface area contributed by atoms with Crippen LogP contribution in [0.15, 0.2) is 53.2 Å². The topological polar surface area (TPSA) is 38.8 Å². The summed E-state index contributed by atoms with van der Waals surface area (Å²) in [6.07, 6.45) is 4.42. The van der Waals surface area contributed by atoms with Crippen LogP contribution in [0.5, 0.6) is 11.5 Å². The van der Waals surface area contributed by atoms with Crippen LogP contribution in [0.25, 0.3) is 6.08 Å². The number of ether oxygens (including phenoxy) is 2. The fraction of sp³-hybridized carbons (Fsp3) is 0.190. The van der Waals surface area contributed by atoms with Gasteiger partial charge >= 0.3 is 0 Å². The largest absolute Gasteiger partial charge is 0.454 e. The molecule has 0 saturated carbocycles. The van der Waals surface area contributed by atoms with Crippen molar-refractivity contribution in [3.05, 3.63) is 74.1 Å². The maximum absolute atomic E-state index is 13.0. The first-order chi connectivity index (χ1) is 13.3. The third kappa shape index (κ3) is 3.05. The molecule has 27 heavy (non-hydrogen) atoms. The Balaban J connectivity index is 1.42. The van der Waals surface area contributed by atoms with E-state index in [1.807, 2.05) is 35.2 Å². The molecule has 0 unspecified atom stereocenters. The molecular formula is C21H17NO3S2. The van der Waals surface area contributed by atoms with Gasteiger partial charge in [-0.25, -0.2) is 0 Å². The standard InChI is InChI=1S/C21H17NO3S2/c23-20(6-4-14-3-5-16-17(12-14)25-13-24-16)22-9-7-18-15(8-11-27-18)21(22)19-2-1-10-26-19/h1-6,8,10-12,21H,7,9,13H2/b6-4+/t21-/m1/s1. The van der Waals surface area contributed by atoms with Crippen molar-refractivity contribution in [2.45, 2.75) is 12.5 Å². The molecule has 0 spiro atoms. The van der Waals surface area contributed by atoms with Crippen LogP contribution in [0, 0.1) is 0 Å². The van der Waals surface area contributed by atoms with Gasteiger partial charge in [0.15, 0.2) is 11.5 Å². The molecule has 0 bridgehead atoms. The number of amides is 1. The van der Waals surface area contributed by atoms with Crippen LogP contribution in [-0.2, 0) is 11.2 Å². The van der Waals surface area contributed by atoms with Crippen molar-refractivity contribution in [2.75, 3.05) is 13.3 Å². The van der Waals surface area contributed by atoms with E-state index in [0.29, 0.717) is 0 Å². The van der Waals surface area contributed by atoms with Crippen LogP contribution in [-0.4, -0.2) is 24.1 Å². The van der Waals surface area contributed by atoms with Crippen LogP contribution in [0.4, 0.5) is 0 Å². The van der Waals surface area contributed by atoms with Crippen LogP contribution < -0.4 is 9.47 Å². The van der Waals surface area contributed by atoms with Gasteiger partial charge in [0.25, 0.3) is 0 Å². The molecule has 1 atom stereocenters.